The fourth-order valence-corrected chi connectivity index (χ4v) is 4.07. The summed E-state index contributed by atoms with van der Waals surface area (Å²) in [5, 5.41) is 14.3. The molecule has 128 valence electrons. The van der Waals surface area contributed by atoms with E-state index in [9.17, 15) is 14.7 Å². The van der Waals surface area contributed by atoms with Crippen molar-refractivity contribution in [1.82, 2.24) is 0 Å². The monoisotopic (exact) mass is 336 g/mol. The van der Waals surface area contributed by atoms with Crippen molar-refractivity contribution in [2.75, 3.05) is 5.32 Å². The van der Waals surface area contributed by atoms with Crippen molar-refractivity contribution < 1.29 is 19.1 Å². The van der Waals surface area contributed by atoms with E-state index in [0.717, 1.165) is 17.1 Å². The van der Waals surface area contributed by atoms with Crippen LogP contribution in [0.4, 0.5) is 5.69 Å². The molecule has 2 aliphatic rings. The molecule has 1 saturated carbocycles. The molecule has 1 aromatic heterocycles. The number of nitrogens with one attached hydrogen (secondary N) is 1. The molecule has 1 fully saturated rings. The smallest absolute Gasteiger partial charge is 0.228 e. The normalized spacial score (nSPS) is 26.8. The van der Waals surface area contributed by atoms with Crippen LogP contribution in [0.2, 0.25) is 0 Å². The van der Waals surface area contributed by atoms with Crippen molar-refractivity contribution in [3.63, 3.8) is 0 Å². The summed E-state index contributed by atoms with van der Waals surface area (Å²) in [5.41, 5.74) is 1.48. The number of benzene rings is 1. The highest BCUT2D eigenvalue weighted by Gasteiger charge is 2.48. The van der Waals surface area contributed by atoms with Crippen molar-refractivity contribution in [2.24, 2.45) is 23.7 Å². The van der Waals surface area contributed by atoms with Gasteiger partial charge < -0.3 is 19.6 Å². The Morgan fingerprint density at radius 1 is 1.12 bits per heavy atom. The first-order valence-electron chi connectivity index (χ1n) is 8.40. The van der Waals surface area contributed by atoms with Crippen molar-refractivity contribution in [3.8, 4) is 11.3 Å². The van der Waals surface area contributed by atoms with Gasteiger partial charge in [-0.1, -0.05) is 24.3 Å². The molecule has 0 spiro atoms. The summed E-state index contributed by atoms with van der Waals surface area (Å²) in [4.78, 5) is 24.2. The van der Waals surface area contributed by atoms with Gasteiger partial charge in [-0.2, -0.15) is 0 Å². The Balaban J connectivity index is 1.55. The highest BCUT2D eigenvalue weighted by Crippen LogP contribution is 2.48. The lowest BCUT2D eigenvalue weighted by molar-refractivity contribution is -0.313. The topological polar surface area (TPSA) is 82.4 Å². The molecule has 5 heteroatoms. The predicted octanol–water partition coefficient (Wildman–Crippen LogP) is 2.38. The van der Waals surface area contributed by atoms with Crippen LogP contribution < -0.4 is 10.4 Å². The third-order valence-electron chi connectivity index (χ3n) is 5.19. The van der Waals surface area contributed by atoms with Gasteiger partial charge in [-0.3, -0.25) is 4.79 Å². The summed E-state index contributed by atoms with van der Waals surface area (Å²) in [7, 11) is 0. The zero-order valence-corrected chi connectivity index (χ0v) is 13.8. The van der Waals surface area contributed by atoms with Gasteiger partial charge in [0.25, 0.3) is 0 Å². The molecule has 0 unspecified atom stereocenters. The summed E-state index contributed by atoms with van der Waals surface area (Å²) in [5.74, 6) is -1.30. The van der Waals surface area contributed by atoms with Gasteiger partial charge in [-0.15, -0.1) is 0 Å². The number of fused-ring (bicyclic) bond motifs is 2. The second kappa shape index (κ2) is 5.92. The Hall–Kier alpha value is -2.82. The number of carbonyl (C=O) groups is 2. The van der Waals surface area contributed by atoms with E-state index in [1.807, 2.05) is 49.4 Å². The first-order chi connectivity index (χ1) is 12.0. The number of carbonyl (C=O) groups excluding carboxylic acids is 2. The number of hydrogen-bond donors (Lipinski definition) is 1. The van der Waals surface area contributed by atoms with E-state index in [1.54, 1.807) is 6.07 Å². The molecule has 1 N–H and O–H groups in total. The van der Waals surface area contributed by atoms with Crippen LogP contribution >= 0.6 is 0 Å². The first-order valence-corrected chi connectivity index (χ1v) is 8.40. The summed E-state index contributed by atoms with van der Waals surface area (Å²) < 4.78 is 5.61. The van der Waals surface area contributed by atoms with Gasteiger partial charge in [0.2, 0.25) is 5.91 Å². The van der Waals surface area contributed by atoms with Gasteiger partial charge in [0.05, 0.1) is 5.92 Å². The third kappa shape index (κ3) is 2.76. The number of carboxylic acids is 1. The molecule has 2 bridgehead atoms. The van der Waals surface area contributed by atoms with Crippen LogP contribution in [0.3, 0.4) is 0 Å². The Morgan fingerprint density at radius 3 is 2.56 bits per heavy atom. The summed E-state index contributed by atoms with van der Waals surface area (Å²) >= 11 is 0. The molecule has 0 radical (unpaired) electrons. The minimum absolute atomic E-state index is 0.0243. The van der Waals surface area contributed by atoms with E-state index < -0.39 is 17.8 Å². The molecule has 1 amide bonds. The average Bonchev–Trinajstić information content (AvgIpc) is 3.30. The molecule has 2 aliphatic carbocycles. The zero-order valence-electron chi connectivity index (χ0n) is 13.8. The molecule has 1 heterocycles. The molecule has 0 aliphatic heterocycles. The van der Waals surface area contributed by atoms with Crippen molar-refractivity contribution in [1.29, 1.82) is 0 Å². The Bertz CT molecular complexity index is 866. The number of furan rings is 1. The molecular weight excluding hydrogens is 318 g/mol. The maximum absolute atomic E-state index is 12.7. The third-order valence-corrected chi connectivity index (χ3v) is 5.19. The van der Waals surface area contributed by atoms with Crippen LogP contribution in [0.15, 0.2) is 53.0 Å². The van der Waals surface area contributed by atoms with Crippen LogP contribution in [-0.4, -0.2) is 11.9 Å². The number of anilines is 1. The van der Waals surface area contributed by atoms with Crippen LogP contribution in [0, 0.1) is 30.6 Å². The summed E-state index contributed by atoms with van der Waals surface area (Å²) in [6, 6.07) is 11.1. The number of rotatable bonds is 4. The predicted molar refractivity (Wildman–Crippen MR) is 90.2 cm³/mol. The number of allylic oxidation sites excluding steroid dienone is 2. The van der Waals surface area contributed by atoms with Crippen LogP contribution in [-0.2, 0) is 9.59 Å². The van der Waals surface area contributed by atoms with Gasteiger partial charge in [-0.25, -0.2) is 0 Å². The zero-order chi connectivity index (χ0) is 17.6. The van der Waals surface area contributed by atoms with E-state index >= 15 is 0 Å². The first kappa shape index (κ1) is 15.7. The minimum atomic E-state index is -1.14. The number of amides is 1. The number of carboxylic acid groups (broad SMARTS) is 1. The van der Waals surface area contributed by atoms with Crippen LogP contribution in [0.25, 0.3) is 11.3 Å². The summed E-state index contributed by atoms with van der Waals surface area (Å²) in [6.07, 6.45) is 4.56. The van der Waals surface area contributed by atoms with Gasteiger partial charge in [-0.05, 0) is 49.4 Å². The van der Waals surface area contributed by atoms with Gasteiger partial charge in [0.1, 0.15) is 11.5 Å². The lowest BCUT2D eigenvalue weighted by atomic mass is 9.82. The SMILES string of the molecule is Cc1ccc(-c2cccc(NC(=O)[C@H]3[C@@H](C(=O)[O-])[C@@H]4C=C[C@H]3C4)c2)o1. The number of aryl methyl sites for hydroxylation is 1. The molecular formula is C20H18NO4-. The van der Waals surface area contributed by atoms with Crippen LogP contribution in [0.5, 0.6) is 0 Å². The van der Waals surface area contributed by atoms with Crippen LogP contribution in [0.1, 0.15) is 12.2 Å². The van der Waals surface area contributed by atoms with E-state index in [1.165, 1.54) is 0 Å². The average molecular weight is 336 g/mol. The van der Waals surface area contributed by atoms with Crippen molar-refractivity contribution in [2.45, 2.75) is 13.3 Å². The molecule has 1 aromatic carbocycles. The van der Waals surface area contributed by atoms with Gasteiger partial charge >= 0.3 is 0 Å². The van der Waals surface area contributed by atoms with E-state index in [-0.39, 0.29) is 17.7 Å². The van der Waals surface area contributed by atoms with Crippen molar-refractivity contribution >= 4 is 17.6 Å². The highest BCUT2D eigenvalue weighted by atomic mass is 16.4. The fourth-order valence-electron chi connectivity index (χ4n) is 4.07. The Kier molecular flexibility index (Phi) is 3.71. The molecule has 2 aromatic rings. The van der Waals surface area contributed by atoms with Crippen molar-refractivity contribution in [3.05, 3.63) is 54.3 Å². The molecule has 4 atom stereocenters. The Labute approximate surface area is 145 Å². The lowest BCUT2D eigenvalue weighted by Crippen LogP contribution is -2.42. The largest absolute Gasteiger partial charge is 0.550 e. The van der Waals surface area contributed by atoms with E-state index in [0.29, 0.717) is 12.1 Å². The Morgan fingerprint density at radius 2 is 1.88 bits per heavy atom. The lowest BCUT2D eigenvalue weighted by Gasteiger charge is -2.27. The quantitative estimate of drug-likeness (QED) is 0.869. The second-order valence-electron chi connectivity index (χ2n) is 6.80. The second-order valence-corrected chi connectivity index (χ2v) is 6.80. The number of aliphatic carboxylic acids is 1. The molecule has 25 heavy (non-hydrogen) atoms. The molecule has 5 nitrogen and oxygen atoms in total. The van der Waals surface area contributed by atoms with Gasteiger partial charge in [0, 0.05) is 23.1 Å². The fraction of sp³-hybridized carbons (Fsp3) is 0.300. The highest BCUT2D eigenvalue weighted by molar-refractivity contribution is 5.96. The maximum Gasteiger partial charge on any atom is 0.228 e. The van der Waals surface area contributed by atoms with Gasteiger partial charge in [0.15, 0.2) is 0 Å². The van der Waals surface area contributed by atoms with E-state index in [4.69, 9.17) is 4.42 Å². The number of hydrogen-bond acceptors (Lipinski definition) is 4. The molecule has 0 saturated heterocycles. The standard InChI is InChI=1S/C20H19NO4/c1-11-5-8-16(25-11)12-3-2-4-15(10-12)21-19(22)17-13-6-7-14(9-13)18(17)20(23)24/h2-8,10,13-14,17-18H,9H2,1H3,(H,21,22)(H,23,24)/p-1/t13-,14+,17+,18-/m0/s1. The van der Waals surface area contributed by atoms with E-state index in [2.05, 4.69) is 5.32 Å². The molecule has 4 rings (SSSR count). The maximum atomic E-state index is 12.7. The summed E-state index contributed by atoms with van der Waals surface area (Å²) in [6.45, 7) is 1.87. The minimum Gasteiger partial charge on any atom is -0.550 e.